The molecule has 1 aromatic rings. The fraction of sp³-hybridized carbons (Fsp3) is 0.538. The van der Waals surface area contributed by atoms with Gasteiger partial charge in [0.25, 0.3) is 0 Å². The number of hydrogen-bond donors (Lipinski definition) is 2. The largest absolute Gasteiger partial charge is 0.492 e. The van der Waals surface area contributed by atoms with Gasteiger partial charge in [0.15, 0.2) is 0 Å². The highest BCUT2D eigenvalue weighted by molar-refractivity contribution is 8.24. The summed E-state index contributed by atoms with van der Waals surface area (Å²) >= 11 is 2.68. The summed E-state index contributed by atoms with van der Waals surface area (Å²) in [6.45, 7) is 0.971. The Morgan fingerprint density at radius 1 is 0.778 bits per heavy atom. The van der Waals surface area contributed by atoms with Crippen molar-refractivity contribution in [1.29, 1.82) is 10.5 Å². The Hall–Kier alpha value is -2.82. The van der Waals surface area contributed by atoms with E-state index < -0.39 is 11.9 Å². The number of nitriles is 2. The predicted octanol–water partition coefficient (Wildman–Crippen LogP) is 5.68. The van der Waals surface area contributed by atoms with E-state index in [2.05, 4.69) is 0 Å². The molecular formula is C26H28N2O6S2. The molecule has 2 aliphatic carbocycles. The normalized spacial score (nSPS) is 25.2. The summed E-state index contributed by atoms with van der Waals surface area (Å²) < 4.78 is 13.0. The van der Waals surface area contributed by atoms with Gasteiger partial charge in [0.2, 0.25) is 0 Å². The molecule has 2 N–H and O–H groups in total. The maximum absolute atomic E-state index is 11.2. The highest BCUT2D eigenvalue weighted by atomic mass is 32.2. The van der Waals surface area contributed by atoms with E-state index in [1.807, 2.05) is 24.3 Å². The van der Waals surface area contributed by atoms with Gasteiger partial charge in [0.05, 0.1) is 39.1 Å². The summed E-state index contributed by atoms with van der Waals surface area (Å²) in [7, 11) is 0. The minimum atomic E-state index is -0.726. The van der Waals surface area contributed by atoms with Gasteiger partial charge in [-0.25, -0.2) is 0 Å². The van der Waals surface area contributed by atoms with Crippen molar-refractivity contribution in [1.82, 2.24) is 0 Å². The number of ether oxygens (including phenoxy) is 2. The van der Waals surface area contributed by atoms with Crippen LogP contribution in [0.25, 0.3) is 0 Å². The summed E-state index contributed by atoms with van der Waals surface area (Å²) in [5, 5.41) is 37.2. The van der Waals surface area contributed by atoms with Gasteiger partial charge in [-0.15, -0.1) is 0 Å². The molecule has 0 spiro atoms. The number of nitrogens with zero attached hydrogens (tertiary/aromatic N) is 2. The van der Waals surface area contributed by atoms with Crippen molar-refractivity contribution in [3.8, 4) is 23.6 Å². The van der Waals surface area contributed by atoms with E-state index in [0.29, 0.717) is 54.6 Å². The molecule has 2 fully saturated rings. The van der Waals surface area contributed by atoms with Gasteiger partial charge in [-0.2, -0.15) is 10.5 Å². The Morgan fingerprint density at radius 2 is 1.17 bits per heavy atom. The summed E-state index contributed by atoms with van der Waals surface area (Å²) in [5.74, 6) is -0.0727. The van der Waals surface area contributed by atoms with Crippen molar-refractivity contribution in [2.45, 2.75) is 61.2 Å². The van der Waals surface area contributed by atoms with Crippen molar-refractivity contribution in [2.75, 3.05) is 13.2 Å². The van der Waals surface area contributed by atoms with Crippen LogP contribution < -0.4 is 9.47 Å². The molecule has 0 aromatic heterocycles. The molecule has 0 radical (unpaired) electrons. The van der Waals surface area contributed by atoms with Gasteiger partial charge in [0.1, 0.15) is 29.2 Å². The van der Waals surface area contributed by atoms with Crippen LogP contribution in [0.2, 0.25) is 0 Å². The lowest BCUT2D eigenvalue weighted by Crippen LogP contribution is -2.24. The number of thioether (sulfide) groups is 2. The topological polar surface area (TPSA) is 141 Å². The molecule has 0 bridgehead atoms. The summed E-state index contributed by atoms with van der Waals surface area (Å²) in [5.41, 5.74) is 0.0529. The molecule has 0 atom stereocenters. The molecule has 1 aliphatic heterocycles. The first kappa shape index (κ1) is 26.2. The molecule has 0 amide bonds. The van der Waals surface area contributed by atoms with E-state index in [4.69, 9.17) is 9.47 Å². The fourth-order valence-electron chi connectivity index (χ4n) is 4.94. The monoisotopic (exact) mass is 528 g/mol. The average molecular weight is 529 g/mol. The minimum Gasteiger partial charge on any atom is -0.492 e. The zero-order valence-corrected chi connectivity index (χ0v) is 21.4. The third kappa shape index (κ3) is 6.11. The number of benzene rings is 1. The Morgan fingerprint density at radius 3 is 1.50 bits per heavy atom. The molecule has 0 saturated heterocycles. The molecule has 4 rings (SSSR count). The van der Waals surface area contributed by atoms with Crippen LogP contribution in [0.5, 0.6) is 11.5 Å². The SMILES string of the molecule is N#CC(C#N)=C1Sc2c(OCC3CCC(C(=O)O)CC3)ccc(OCC3CCC(C(=O)O)CC3)c2S1. The van der Waals surface area contributed by atoms with E-state index in [-0.39, 0.29) is 29.2 Å². The highest BCUT2D eigenvalue weighted by Gasteiger charge is 2.31. The van der Waals surface area contributed by atoms with E-state index >= 15 is 0 Å². The Kier molecular flexibility index (Phi) is 8.71. The number of allylic oxidation sites excluding steroid dienone is 1. The summed E-state index contributed by atoms with van der Waals surface area (Å²) in [6, 6.07) is 7.63. The lowest BCUT2D eigenvalue weighted by Gasteiger charge is -2.27. The first-order valence-corrected chi connectivity index (χ1v) is 13.8. The van der Waals surface area contributed by atoms with Gasteiger partial charge in [-0.3, -0.25) is 9.59 Å². The van der Waals surface area contributed by atoms with Gasteiger partial charge in [-0.05, 0) is 75.3 Å². The molecular weight excluding hydrogens is 500 g/mol. The molecule has 1 heterocycles. The van der Waals surface area contributed by atoms with Crippen molar-refractivity contribution in [2.24, 2.45) is 23.7 Å². The molecule has 1 aromatic carbocycles. The molecule has 190 valence electrons. The van der Waals surface area contributed by atoms with Crippen LogP contribution >= 0.6 is 23.5 Å². The van der Waals surface area contributed by atoms with Gasteiger partial charge in [-0.1, -0.05) is 23.5 Å². The lowest BCUT2D eigenvalue weighted by atomic mass is 9.82. The number of aliphatic carboxylic acids is 2. The Bertz CT molecular complexity index is 1040. The summed E-state index contributed by atoms with van der Waals surface area (Å²) in [4.78, 5) is 24.1. The number of fused-ring (bicyclic) bond motifs is 1. The number of rotatable bonds is 8. The second kappa shape index (κ2) is 11.9. The van der Waals surface area contributed by atoms with E-state index in [9.17, 15) is 30.3 Å². The summed E-state index contributed by atoms with van der Waals surface area (Å²) in [6.07, 6.45) is 5.88. The van der Waals surface area contributed by atoms with Crippen molar-refractivity contribution < 1.29 is 29.3 Å². The maximum Gasteiger partial charge on any atom is 0.306 e. The zero-order valence-electron chi connectivity index (χ0n) is 19.8. The number of carboxylic acids is 2. The van der Waals surface area contributed by atoms with Crippen LogP contribution in [-0.2, 0) is 9.59 Å². The van der Waals surface area contributed by atoms with Crippen molar-refractivity contribution in [3.05, 3.63) is 21.9 Å². The Balaban J connectivity index is 1.44. The zero-order chi connectivity index (χ0) is 25.7. The second-order valence-corrected chi connectivity index (χ2v) is 11.8. The van der Waals surface area contributed by atoms with E-state index in [0.717, 1.165) is 35.5 Å². The molecule has 10 heteroatoms. The van der Waals surface area contributed by atoms with Gasteiger partial charge in [0, 0.05) is 0 Å². The average Bonchev–Trinajstić information content (AvgIpc) is 3.33. The lowest BCUT2D eigenvalue weighted by molar-refractivity contribution is -0.144. The van der Waals surface area contributed by atoms with Crippen LogP contribution in [0.15, 0.2) is 31.7 Å². The number of hydrogen-bond acceptors (Lipinski definition) is 8. The highest BCUT2D eigenvalue weighted by Crippen LogP contribution is 2.59. The van der Waals surface area contributed by atoms with Crippen LogP contribution in [0, 0.1) is 46.3 Å². The Labute approximate surface area is 218 Å². The first-order valence-electron chi connectivity index (χ1n) is 12.2. The first-order chi connectivity index (χ1) is 17.4. The van der Waals surface area contributed by atoms with Gasteiger partial charge >= 0.3 is 11.9 Å². The van der Waals surface area contributed by atoms with Gasteiger partial charge < -0.3 is 19.7 Å². The third-order valence-electron chi connectivity index (χ3n) is 7.20. The maximum atomic E-state index is 11.2. The molecule has 0 unspecified atom stereocenters. The molecule has 2 saturated carbocycles. The third-order valence-corrected chi connectivity index (χ3v) is 9.83. The van der Waals surface area contributed by atoms with Crippen molar-refractivity contribution >= 4 is 35.5 Å². The quantitative estimate of drug-likeness (QED) is 0.405. The molecule has 3 aliphatic rings. The van der Waals surface area contributed by atoms with Crippen LogP contribution in [0.4, 0.5) is 0 Å². The van der Waals surface area contributed by atoms with Crippen LogP contribution in [-0.4, -0.2) is 35.4 Å². The fourth-order valence-corrected chi connectivity index (χ4v) is 7.45. The van der Waals surface area contributed by atoms with Crippen molar-refractivity contribution in [3.63, 3.8) is 0 Å². The van der Waals surface area contributed by atoms with E-state index in [1.54, 1.807) is 0 Å². The van der Waals surface area contributed by atoms with Crippen LogP contribution in [0.1, 0.15) is 51.4 Å². The van der Waals surface area contributed by atoms with E-state index in [1.165, 1.54) is 23.5 Å². The predicted molar refractivity (Wildman–Crippen MR) is 134 cm³/mol. The second-order valence-electron chi connectivity index (χ2n) is 9.54. The standard InChI is InChI=1S/C26H28N2O6S2/c27-11-19(12-28)26-35-22-20(33-13-15-1-5-17(6-2-15)24(29)30)9-10-21(23(22)36-26)34-14-16-3-7-18(8-4-16)25(31)32/h9-10,15-18H,1-8,13-14H2,(H,29,30)(H,31,32). The number of carboxylic acid groups (broad SMARTS) is 2. The smallest absolute Gasteiger partial charge is 0.306 e. The van der Waals surface area contributed by atoms with Crippen LogP contribution in [0.3, 0.4) is 0 Å². The minimum absolute atomic E-state index is 0.0529. The number of carbonyl (C=O) groups is 2. The molecule has 36 heavy (non-hydrogen) atoms. The molecule has 8 nitrogen and oxygen atoms in total.